The van der Waals surface area contributed by atoms with Crippen molar-refractivity contribution in [3.05, 3.63) is 56.0 Å². The SMILES string of the molecule is CCOc1cc(/C=N\NC(=O)C(=O)NCCOC)cc(Br)c1OCc1ccc(Cl)c(Cl)c1. The van der Waals surface area contributed by atoms with E-state index >= 15 is 0 Å². The summed E-state index contributed by atoms with van der Waals surface area (Å²) in [6.45, 7) is 3.03. The number of carbonyl (C=O) groups is 2. The Morgan fingerprint density at radius 2 is 1.91 bits per heavy atom. The zero-order valence-electron chi connectivity index (χ0n) is 17.4. The zero-order valence-corrected chi connectivity index (χ0v) is 20.5. The van der Waals surface area contributed by atoms with Crippen LogP contribution < -0.4 is 20.2 Å². The van der Waals surface area contributed by atoms with E-state index in [0.29, 0.717) is 44.8 Å². The number of nitrogens with zero attached hydrogens (tertiary/aromatic N) is 1. The van der Waals surface area contributed by atoms with Gasteiger partial charge in [-0.05, 0) is 58.2 Å². The molecule has 2 aromatic carbocycles. The second-order valence-electron chi connectivity index (χ2n) is 6.25. The highest BCUT2D eigenvalue weighted by Crippen LogP contribution is 2.37. The first kappa shape index (κ1) is 25.9. The summed E-state index contributed by atoms with van der Waals surface area (Å²) in [4.78, 5) is 23.3. The van der Waals surface area contributed by atoms with Gasteiger partial charge in [0, 0.05) is 13.7 Å². The van der Waals surface area contributed by atoms with Crippen LogP contribution in [0.3, 0.4) is 0 Å². The average Bonchev–Trinajstić information content (AvgIpc) is 2.75. The first-order valence-corrected chi connectivity index (χ1v) is 11.0. The molecule has 0 saturated carbocycles. The van der Waals surface area contributed by atoms with Gasteiger partial charge in [0.2, 0.25) is 0 Å². The maximum Gasteiger partial charge on any atom is 0.329 e. The topological polar surface area (TPSA) is 98.2 Å². The highest BCUT2D eigenvalue weighted by atomic mass is 79.9. The van der Waals surface area contributed by atoms with Crippen LogP contribution >= 0.6 is 39.1 Å². The third-order valence-corrected chi connectivity index (χ3v) is 5.20. The van der Waals surface area contributed by atoms with E-state index in [1.165, 1.54) is 13.3 Å². The number of methoxy groups -OCH3 is 1. The lowest BCUT2D eigenvalue weighted by atomic mass is 10.2. The fourth-order valence-corrected chi connectivity index (χ4v) is 3.31. The van der Waals surface area contributed by atoms with Gasteiger partial charge in [0.1, 0.15) is 6.61 Å². The molecule has 0 atom stereocenters. The minimum absolute atomic E-state index is 0.223. The van der Waals surface area contributed by atoms with Gasteiger partial charge >= 0.3 is 11.8 Å². The Balaban J connectivity index is 2.07. The summed E-state index contributed by atoms with van der Waals surface area (Å²) in [5.74, 6) is -0.715. The van der Waals surface area contributed by atoms with Crippen molar-refractivity contribution in [2.75, 3.05) is 26.9 Å². The van der Waals surface area contributed by atoms with Crippen LogP contribution in [0, 0.1) is 0 Å². The smallest absolute Gasteiger partial charge is 0.329 e. The largest absolute Gasteiger partial charge is 0.490 e. The number of ether oxygens (including phenoxy) is 3. The highest BCUT2D eigenvalue weighted by molar-refractivity contribution is 9.10. The van der Waals surface area contributed by atoms with Crippen molar-refractivity contribution in [3.8, 4) is 11.5 Å². The van der Waals surface area contributed by atoms with E-state index in [1.54, 1.807) is 24.3 Å². The van der Waals surface area contributed by atoms with E-state index in [4.69, 9.17) is 37.4 Å². The summed E-state index contributed by atoms with van der Waals surface area (Å²) in [5.41, 5.74) is 3.62. The molecule has 32 heavy (non-hydrogen) atoms. The molecule has 2 aromatic rings. The van der Waals surface area contributed by atoms with Crippen LogP contribution in [0.1, 0.15) is 18.1 Å². The molecule has 0 unspecified atom stereocenters. The Morgan fingerprint density at radius 1 is 1.12 bits per heavy atom. The minimum Gasteiger partial charge on any atom is -0.490 e. The quantitative estimate of drug-likeness (QED) is 0.203. The number of benzene rings is 2. The average molecular weight is 547 g/mol. The number of hydrazone groups is 1. The Kier molecular flexibility index (Phi) is 10.8. The van der Waals surface area contributed by atoms with Crippen LogP contribution in [0.2, 0.25) is 10.0 Å². The molecule has 0 aliphatic rings. The molecule has 0 aromatic heterocycles. The lowest BCUT2D eigenvalue weighted by Gasteiger charge is -2.15. The standard InChI is InChI=1S/C21H22BrCl2N3O5/c1-3-31-18-10-14(11-26-27-21(29)20(28)25-6-7-30-2)8-15(22)19(18)32-12-13-4-5-16(23)17(24)9-13/h4-5,8-11H,3,6-7,12H2,1-2H3,(H,25,28)(H,27,29)/b26-11-. The highest BCUT2D eigenvalue weighted by Gasteiger charge is 2.14. The van der Waals surface area contributed by atoms with Crippen molar-refractivity contribution >= 4 is 57.2 Å². The molecular formula is C21H22BrCl2N3O5. The van der Waals surface area contributed by atoms with Gasteiger partial charge in [-0.1, -0.05) is 29.3 Å². The Labute approximate surface area is 204 Å². The van der Waals surface area contributed by atoms with Crippen LogP contribution in [-0.4, -0.2) is 44.9 Å². The van der Waals surface area contributed by atoms with Crippen LogP contribution in [0.15, 0.2) is 39.9 Å². The van der Waals surface area contributed by atoms with Gasteiger partial charge in [-0.3, -0.25) is 9.59 Å². The van der Waals surface area contributed by atoms with Gasteiger partial charge in [0.25, 0.3) is 0 Å². The third kappa shape index (κ3) is 7.98. The molecule has 0 aliphatic heterocycles. The molecule has 172 valence electrons. The van der Waals surface area contributed by atoms with E-state index in [1.807, 2.05) is 13.0 Å². The van der Waals surface area contributed by atoms with Crippen LogP contribution in [0.25, 0.3) is 0 Å². The van der Waals surface area contributed by atoms with Crippen LogP contribution in [0.5, 0.6) is 11.5 Å². The van der Waals surface area contributed by atoms with Crippen molar-refractivity contribution in [2.45, 2.75) is 13.5 Å². The minimum atomic E-state index is -0.886. The maximum atomic E-state index is 11.7. The number of halogens is 3. The van der Waals surface area contributed by atoms with Crippen molar-refractivity contribution in [1.29, 1.82) is 0 Å². The molecule has 0 spiro atoms. The number of nitrogens with one attached hydrogen (secondary N) is 2. The van der Waals surface area contributed by atoms with E-state index < -0.39 is 11.8 Å². The predicted molar refractivity (Wildman–Crippen MR) is 127 cm³/mol. The monoisotopic (exact) mass is 545 g/mol. The lowest BCUT2D eigenvalue weighted by Crippen LogP contribution is -2.39. The summed E-state index contributed by atoms with van der Waals surface area (Å²) >= 11 is 15.5. The molecule has 8 nitrogen and oxygen atoms in total. The van der Waals surface area contributed by atoms with E-state index in [2.05, 4.69) is 31.8 Å². The van der Waals surface area contributed by atoms with Crippen molar-refractivity contribution in [2.24, 2.45) is 5.10 Å². The predicted octanol–water partition coefficient (Wildman–Crippen LogP) is 3.95. The number of rotatable bonds is 10. The van der Waals surface area contributed by atoms with Gasteiger partial charge < -0.3 is 19.5 Å². The second kappa shape index (κ2) is 13.3. The zero-order chi connectivity index (χ0) is 23.5. The van der Waals surface area contributed by atoms with Crippen molar-refractivity contribution in [3.63, 3.8) is 0 Å². The molecule has 0 radical (unpaired) electrons. The molecule has 2 amide bonds. The second-order valence-corrected chi connectivity index (χ2v) is 7.92. The van der Waals surface area contributed by atoms with Crippen molar-refractivity contribution in [1.82, 2.24) is 10.7 Å². The fraction of sp³-hybridized carbons (Fsp3) is 0.286. The molecule has 0 saturated heterocycles. The molecule has 2 rings (SSSR count). The summed E-state index contributed by atoms with van der Waals surface area (Å²) in [6.07, 6.45) is 1.39. The maximum absolute atomic E-state index is 11.7. The fourth-order valence-electron chi connectivity index (χ4n) is 2.41. The lowest BCUT2D eigenvalue weighted by molar-refractivity contribution is -0.139. The summed E-state index contributed by atoms with van der Waals surface area (Å²) in [6, 6.07) is 8.69. The summed E-state index contributed by atoms with van der Waals surface area (Å²) < 4.78 is 17.0. The molecule has 0 bridgehead atoms. The first-order valence-electron chi connectivity index (χ1n) is 9.49. The van der Waals surface area contributed by atoms with Gasteiger partial charge in [0.15, 0.2) is 11.5 Å². The number of carbonyl (C=O) groups excluding carboxylic acids is 2. The third-order valence-electron chi connectivity index (χ3n) is 3.88. The van der Waals surface area contributed by atoms with E-state index in [-0.39, 0.29) is 13.2 Å². The number of hydrogen-bond acceptors (Lipinski definition) is 6. The molecule has 2 N–H and O–H groups in total. The van der Waals surface area contributed by atoms with Crippen LogP contribution in [0.4, 0.5) is 0 Å². The van der Waals surface area contributed by atoms with E-state index in [9.17, 15) is 9.59 Å². The van der Waals surface area contributed by atoms with E-state index in [0.717, 1.165) is 5.56 Å². The Hall–Kier alpha value is -2.33. The summed E-state index contributed by atoms with van der Waals surface area (Å²) in [7, 11) is 1.49. The van der Waals surface area contributed by atoms with Crippen LogP contribution in [-0.2, 0) is 20.9 Å². The molecule has 0 fully saturated rings. The number of amides is 2. The van der Waals surface area contributed by atoms with Gasteiger partial charge in [-0.25, -0.2) is 5.43 Å². The van der Waals surface area contributed by atoms with Gasteiger partial charge in [-0.15, -0.1) is 0 Å². The Bertz CT molecular complexity index is 988. The number of hydrogen-bond donors (Lipinski definition) is 2. The molecule has 0 aliphatic carbocycles. The molecule has 0 heterocycles. The van der Waals surface area contributed by atoms with Gasteiger partial charge in [-0.2, -0.15) is 5.10 Å². The van der Waals surface area contributed by atoms with Crippen molar-refractivity contribution < 1.29 is 23.8 Å². The molecule has 11 heteroatoms. The normalized spacial score (nSPS) is 10.8. The first-order chi connectivity index (χ1) is 15.3. The summed E-state index contributed by atoms with van der Waals surface area (Å²) in [5, 5.41) is 7.12. The Morgan fingerprint density at radius 3 is 2.59 bits per heavy atom. The molecular weight excluding hydrogens is 525 g/mol. The van der Waals surface area contributed by atoms with Gasteiger partial charge in [0.05, 0.1) is 33.9 Å².